The van der Waals surface area contributed by atoms with E-state index in [4.69, 9.17) is 10.5 Å². The van der Waals surface area contributed by atoms with Crippen molar-refractivity contribution in [2.45, 2.75) is 46.8 Å². The van der Waals surface area contributed by atoms with Crippen molar-refractivity contribution in [2.24, 2.45) is 17.6 Å². The topological polar surface area (TPSA) is 47.3 Å². The van der Waals surface area contributed by atoms with Crippen LogP contribution in [0.5, 0.6) is 5.75 Å². The summed E-state index contributed by atoms with van der Waals surface area (Å²) in [5.74, 6) is 2.08. The van der Waals surface area contributed by atoms with E-state index in [9.17, 15) is 0 Å². The molecular formula is C17H30N2O. The highest BCUT2D eigenvalue weighted by molar-refractivity contribution is 5.35. The molecular weight excluding hydrogens is 248 g/mol. The summed E-state index contributed by atoms with van der Waals surface area (Å²) >= 11 is 0. The predicted molar refractivity (Wildman–Crippen MR) is 86.0 cm³/mol. The Balaban J connectivity index is 2.69. The number of rotatable bonds is 8. The predicted octanol–water partition coefficient (Wildman–Crippen LogP) is 3.36. The molecule has 0 aromatic heterocycles. The second-order valence-corrected chi connectivity index (χ2v) is 6.07. The zero-order valence-electron chi connectivity index (χ0n) is 13.5. The molecule has 0 aliphatic rings. The highest BCUT2D eigenvalue weighted by atomic mass is 16.5. The Kier molecular flexibility index (Phi) is 7.03. The summed E-state index contributed by atoms with van der Waals surface area (Å²) in [7, 11) is 0. The summed E-state index contributed by atoms with van der Waals surface area (Å²) in [6, 6.07) is 8.50. The Morgan fingerprint density at radius 3 is 2.30 bits per heavy atom. The van der Waals surface area contributed by atoms with Gasteiger partial charge in [-0.25, -0.2) is 0 Å². The van der Waals surface area contributed by atoms with E-state index in [1.165, 1.54) is 5.56 Å². The van der Waals surface area contributed by atoms with Crippen molar-refractivity contribution in [3.8, 4) is 5.75 Å². The summed E-state index contributed by atoms with van der Waals surface area (Å²) < 4.78 is 5.88. The molecule has 3 heteroatoms. The molecule has 0 spiro atoms. The van der Waals surface area contributed by atoms with Crippen molar-refractivity contribution in [3.63, 3.8) is 0 Å². The normalized spacial score (nSPS) is 14.6. The molecule has 3 nitrogen and oxygen atoms in total. The van der Waals surface area contributed by atoms with Crippen molar-refractivity contribution >= 4 is 0 Å². The zero-order chi connectivity index (χ0) is 15.1. The van der Waals surface area contributed by atoms with Crippen LogP contribution in [-0.4, -0.2) is 19.2 Å². The second kappa shape index (κ2) is 8.28. The van der Waals surface area contributed by atoms with Gasteiger partial charge in [0.25, 0.3) is 0 Å². The highest BCUT2D eigenvalue weighted by Crippen LogP contribution is 2.26. The van der Waals surface area contributed by atoms with E-state index in [1.54, 1.807) is 0 Å². The van der Waals surface area contributed by atoms with Gasteiger partial charge in [-0.05, 0) is 51.8 Å². The smallest absolute Gasteiger partial charge is 0.124 e. The fourth-order valence-corrected chi connectivity index (χ4v) is 2.23. The van der Waals surface area contributed by atoms with E-state index < -0.39 is 0 Å². The van der Waals surface area contributed by atoms with Gasteiger partial charge in [-0.3, -0.25) is 0 Å². The maximum absolute atomic E-state index is 5.88. The van der Waals surface area contributed by atoms with Gasteiger partial charge in [0, 0.05) is 11.6 Å². The van der Waals surface area contributed by atoms with Gasteiger partial charge < -0.3 is 15.8 Å². The Labute approximate surface area is 123 Å². The van der Waals surface area contributed by atoms with Crippen molar-refractivity contribution in [2.75, 3.05) is 13.1 Å². The van der Waals surface area contributed by atoms with Crippen LogP contribution >= 0.6 is 0 Å². The van der Waals surface area contributed by atoms with Crippen LogP contribution < -0.4 is 15.8 Å². The van der Waals surface area contributed by atoms with Gasteiger partial charge in [-0.15, -0.1) is 0 Å². The van der Waals surface area contributed by atoms with E-state index >= 15 is 0 Å². The number of para-hydroxylation sites is 1. The largest absolute Gasteiger partial charge is 0.491 e. The standard InChI is InChI=1S/C17H30N2O/c1-12(2)15(10-18)11-19-14(5)16-8-6-7-9-17(16)20-13(3)4/h6-9,12-15,19H,10-11,18H2,1-5H3. The third kappa shape index (κ3) is 5.14. The first-order valence-electron chi connectivity index (χ1n) is 7.64. The van der Waals surface area contributed by atoms with Crippen LogP contribution in [0.25, 0.3) is 0 Å². The molecule has 0 amide bonds. The Bertz CT molecular complexity index is 390. The SMILES string of the molecule is CC(C)Oc1ccccc1C(C)NCC(CN)C(C)C. The fourth-order valence-electron chi connectivity index (χ4n) is 2.23. The molecule has 0 saturated heterocycles. The Hall–Kier alpha value is -1.06. The molecule has 114 valence electrons. The Morgan fingerprint density at radius 2 is 1.75 bits per heavy atom. The average molecular weight is 278 g/mol. The van der Waals surface area contributed by atoms with E-state index in [0.29, 0.717) is 11.8 Å². The third-order valence-electron chi connectivity index (χ3n) is 3.68. The van der Waals surface area contributed by atoms with E-state index in [0.717, 1.165) is 18.8 Å². The van der Waals surface area contributed by atoms with Gasteiger partial charge in [0.15, 0.2) is 0 Å². The first-order chi connectivity index (χ1) is 9.45. The maximum Gasteiger partial charge on any atom is 0.124 e. The summed E-state index contributed by atoms with van der Waals surface area (Å²) in [5.41, 5.74) is 7.04. The molecule has 1 aromatic carbocycles. The molecule has 1 aromatic rings. The van der Waals surface area contributed by atoms with Crippen LogP contribution in [0, 0.1) is 11.8 Å². The summed E-state index contributed by atoms with van der Waals surface area (Å²) in [6.07, 6.45) is 0.191. The van der Waals surface area contributed by atoms with Crippen molar-refractivity contribution in [3.05, 3.63) is 29.8 Å². The second-order valence-electron chi connectivity index (χ2n) is 6.07. The Morgan fingerprint density at radius 1 is 1.10 bits per heavy atom. The lowest BCUT2D eigenvalue weighted by atomic mass is 9.95. The molecule has 0 heterocycles. The minimum Gasteiger partial charge on any atom is -0.491 e. The van der Waals surface area contributed by atoms with Crippen molar-refractivity contribution in [1.29, 1.82) is 0 Å². The van der Waals surface area contributed by atoms with Gasteiger partial charge >= 0.3 is 0 Å². The molecule has 0 fully saturated rings. The van der Waals surface area contributed by atoms with Crippen LogP contribution in [0.4, 0.5) is 0 Å². The van der Waals surface area contributed by atoms with Crippen LogP contribution in [0.3, 0.4) is 0 Å². The maximum atomic E-state index is 5.88. The van der Waals surface area contributed by atoms with Gasteiger partial charge in [-0.2, -0.15) is 0 Å². The summed E-state index contributed by atoms with van der Waals surface area (Å²) in [6.45, 7) is 12.4. The lowest BCUT2D eigenvalue weighted by Crippen LogP contribution is -2.33. The average Bonchev–Trinajstić information content (AvgIpc) is 2.38. The van der Waals surface area contributed by atoms with Crippen LogP contribution in [0.2, 0.25) is 0 Å². The van der Waals surface area contributed by atoms with E-state index in [1.807, 2.05) is 12.1 Å². The summed E-state index contributed by atoms with van der Waals surface area (Å²) in [5, 5.41) is 3.58. The summed E-state index contributed by atoms with van der Waals surface area (Å²) in [4.78, 5) is 0. The number of hydrogen-bond donors (Lipinski definition) is 2. The number of ether oxygens (including phenoxy) is 1. The van der Waals surface area contributed by atoms with Gasteiger partial charge in [0.2, 0.25) is 0 Å². The van der Waals surface area contributed by atoms with Gasteiger partial charge in [0.05, 0.1) is 6.10 Å². The first kappa shape index (κ1) is 17.0. The number of benzene rings is 1. The lowest BCUT2D eigenvalue weighted by Gasteiger charge is -2.24. The minimum atomic E-state index is 0.191. The number of nitrogens with two attached hydrogens (primary N) is 1. The van der Waals surface area contributed by atoms with Crippen LogP contribution in [-0.2, 0) is 0 Å². The molecule has 2 unspecified atom stereocenters. The molecule has 20 heavy (non-hydrogen) atoms. The fraction of sp³-hybridized carbons (Fsp3) is 0.647. The van der Waals surface area contributed by atoms with E-state index in [-0.39, 0.29) is 12.1 Å². The minimum absolute atomic E-state index is 0.191. The monoisotopic (exact) mass is 278 g/mol. The molecule has 2 atom stereocenters. The quantitative estimate of drug-likeness (QED) is 0.766. The van der Waals surface area contributed by atoms with Crippen LogP contribution in [0.15, 0.2) is 24.3 Å². The van der Waals surface area contributed by atoms with Gasteiger partial charge in [-0.1, -0.05) is 32.0 Å². The van der Waals surface area contributed by atoms with E-state index in [2.05, 4.69) is 52.1 Å². The van der Waals surface area contributed by atoms with Crippen LogP contribution in [0.1, 0.15) is 46.2 Å². The number of hydrogen-bond acceptors (Lipinski definition) is 3. The molecule has 3 N–H and O–H groups in total. The molecule has 0 aliphatic heterocycles. The zero-order valence-corrected chi connectivity index (χ0v) is 13.5. The molecule has 0 aliphatic carbocycles. The van der Waals surface area contributed by atoms with Gasteiger partial charge in [0.1, 0.15) is 5.75 Å². The number of nitrogens with one attached hydrogen (secondary N) is 1. The van der Waals surface area contributed by atoms with Crippen molar-refractivity contribution < 1.29 is 4.74 Å². The molecule has 0 bridgehead atoms. The first-order valence-corrected chi connectivity index (χ1v) is 7.64. The molecule has 0 saturated carbocycles. The molecule has 0 radical (unpaired) electrons. The highest BCUT2D eigenvalue weighted by Gasteiger charge is 2.15. The molecule has 1 rings (SSSR count). The lowest BCUT2D eigenvalue weighted by molar-refractivity contribution is 0.237. The van der Waals surface area contributed by atoms with Crippen molar-refractivity contribution in [1.82, 2.24) is 5.32 Å². The third-order valence-corrected chi connectivity index (χ3v) is 3.68.